The van der Waals surface area contributed by atoms with Gasteiger partial charge in [-0.15, -0.1) is 0 Å². The summed E-state index contributed by atoms with van der Waals surface area (Å²) in [6.45, 7) is 5.46. The van der Waals surface area contributed by atoms with Crippen molar-refractivity contribution in [2.75, 3.05) is 13.1 Å². The number of amides is 2. The van der Waals surface area contributed by atoms with E-state index in [0.29, 0.717) is 19.0 Å². The van der Waals surface area contributed by atoms with Crippen LogP contribution in [0, 0.1) is 5.92 Å². The highest BCUT2D eigenvalue weighted by Crippen LogP contribution is 2.19. The zero-order valence-corrected chi connectivity index (χ0v) is 11.3. The highest BCUT2D eigenvalue weighted by molar-refractivity contribution is 5.74. The molecule has 1 saturated heterocycles. The van der Waals surface area contributed by atoms with Crippen LogP contribution in [0.5, 0.6) is 0 Å². The fraction of sp³-hybridized carbons (Fsp3) is 0.846. The Balaban J connectivity index is 2.25. The number of carboxylic acids is 1. The maximum absolute atomic E-state index is 12.0. The number of hydrogen-bond acceptors (Lipinski definition) is 2. The third-order valence-electron chi connectivity index (χ3n) is 3.56. The number of likely N-dealkylation sites (tertiary alicyclic amines) is 1. The van der Waals surface area contributed by atoms with Crippen LogP contribution in [0.1, 0.15) is 46.0 Å². The minimum absolute atomic E-state index is 0.00141. The van der Waals surface area contributed by atoms with Gasteiger partial charge in [-0.2, -0.15) is 0 Å². The van der Waals surface area contributed by atoms with Gasteiger partial charge < -0.3 is 15.3 Å². The fourth-order valence-corrected chi connectivity index (χ4v) is 2.36. The minimum atomic E-state index is -0.779. The first-order chi connectivity index (χ1) is 8.54. The van der Waals surface area contributed by atoms with Crippen molar-refractivity contribution in [3.63, 3.8) is 0 Å². The van der Waals surface area contributed by atoms with Crippen LogP contribution in [0.4, 0.5) is 4.79 Å². The molecule has 5 heteroatoms. The highest BCUT2D eigenvalue weighted by Gasteiger charge is 2.27. The van der Waals surface area contributed by atoms with E-state index >= 15 is 0 Å². The summed E-state index contributed by atoms with van der Waals surface area (Å²) in [5.41, 5.74) is 0. The molecule has 1 aliphatic heterocycles. The second-order valence-electron chi connectivity index (χ2n) is 5.12. The summed E-state index contributed by atoms with van der Waals surface area (Å²) in [6, 6.07) is 0.376. The third-order valence-corrected chi connectivity index (χ3v) is 3.56. The highest BCUT2D eigenvalue weighted by atomic mass is 16.4. The van der Waals surface area contributed by atoms with Gasteiger partial charge in [0.05, 0.1) is 0 Å². The number of urea groups is 1. The van der Waals surface area contributed by atoms with E-state index in [-0.39, 0.29) is 18.4 Å². The first-order valence-electron chi connectivity index (χ1n) is 6.80. The lowest BCUT2D eigenvalue weighted by molar-refractivity contribution is -0.137. The van der Waals surface area contributed by atoms with Gasteiger partial charge in [0.1, 0.15) is 0 Å². The molecule has 1 fully saturated rings. The summed E-state index contributed by atoms with van der Waals surface area (Å²) in [4.78, 5) is 24.3. The van der Waals surface area contributed by atoms with Gasteiger partial charge in [0, 0.05) is 25.6 Å². The number of carbonyl (C=O) groups excluding carboxylic acids is 1. The number of nitrogens with zero attached hydrogens (tertiary/aromatic N) is 1. The monoisotopic (exact) mass is 256 g/mol. The molecular formula is C13H24N2O3. The van der Waals surface area contributed by atoms with Gasteiger partial charge in [-0.25, -0.2) is 4.79 Å². The maximum atomic E-state index is 12.0. The molecule has 0 aromatic heterocycles. The molecule has 0 saturated carbocycles. The van der Waals surface area contributed by atoms with E-state index in [2.05, 4.69) is 12.2 Å². The molecule has 2 N–H and O–H groups in total. The lowest BCUT2D eigenvalue weighted by Crippen LogP contribution is -2.43. The van der Waals surface area contributed by atoms with Gasteiger partial charge in [0.25, 0.3) is 0 Å². The normalized spacial score (nSPS) is 20.8. The number of rotatable bonds is 6. The SMILES string of the molecule is CCC1CCCN1C(=O)NCC(C)CCC(=O)O. The maximum Gasteiger partial charge on any atom is 0.317 e. The zero-order chi connectivity index (χ0) is 13.5. The Kier molecular flexibility index (Phi) is 5.95. The predicted molar refractivity (Wildman–Crippen MR) is 69.5 cm³/mol. The van der Waals surface area contributed by atoms with Gasteiger partial charge in [-0.05, 0) is 31.6 Å². The molecule has 5 nitrogen and oxygen atoms in total. The van der Waals surface area contributed by atoms with Crippen LogP contribution in [0.15, 0.2) is 0 Å². The van der Waals surface area contributed by atoms with Crippen LogP contribution < -0.4 is 5.32 Å². The van der Waals surface area contributed by atoms with Gasteiger partial charge >= 0.3 is 12.0 Å². The van der Waals surface area contributed by atoms with Crippen molar-refractivity contribution in [1.82, 2.24) is 10.2 Å². The van der Waals surface area contributed by atoms with Crippen molar-refractivity contribution in [2.45, 2.75) is 52.0 Å². The number of nitrogens with one attached hydrogen (secondary N) is 1. The Morgan fingerprint density at radius 1 is 1.50 bits per heavy atom. The van der Waals surface area contributed by atoms with Crippen molar-refractivity contribution in [2.24, 2.45) is 5.92 Å². The quantitative estimate of drug-likeness (QED) is 0.764. The number of hydrogen-bond donors (Lipinski definition) is 2. The molecule has 0 aliphatic carbocycles. The van der Waals surface area contributed by atoms with Crippen LogP contribution in [0.25, 0.3) is 0 Å². The minimum Gasteiger partial charge on any atom is -0.481 e. The van der Waals surface area contributed by atoms with E-state index in [1.165, 1.54) is 0 Å². The standard InChI is InChI=1S/C13H24N2O3/c1-3-11-5-4-8-15(11)13(18)14-9-10(2)6-7-12(16)17/h10-11H,3-9H2,1-2H3,(H,14,18)(H,16,17). The molecule has 2 unspecified atom stereocenters. The van der Waals surface area contributed by atoms with Crippen LogP contribution in [-0.2, 0) is 4.79 Å². The van der Waals surface area contributed by atoms with E-state index in [0.717, 1.165) is 25.8 Å². The molecule has 0 radical (unpaired) electrons. The topological polar surface area (TPSA) is 69.6 Å². The Labute approximate surface area is 109 Å². The van der Waals surface area contributed by atoms with Gasteiger partial charge in [0.15, 0.2) is 0 Å². The van der Waals surface area contributed by atoms with Crippen LogP contribution in [-0.4, -0.2) is 41.1 Å². The first kappa shape index (κ1) is 14.8. The second-order valence-corrected chi connectivity index (χ2v) is 5.12. The van der Waals surface area contributed by atoms with Crippen molar-refractivity contribution in [3.8, 4) is 0 Å². The Morgan fingerprint density at radius 2 is 2.22 bits per heavy atom. The summed E-state index contributed by atoms with van der Waals surface area (Å²) in [6.07, 6.45) is 3.95. The molecule has 1 aliphatic rings. The smallest absolute Gasteiger partial charge is 0.317 e. The molecule has 2 atom stereocenters. The van der Waals surface area contributed by atoms with Gasteiger partial charge in [0.2, 0.25) is 0 Å². The largest absolute Gasteiger partial charge is 0.481 e. The van der Waals surface area contributed by atoms with Crippen LogP contribution in [0.2, 0.25) is 0 Å². The van der Waals surface area contributed by atoms with Crippen molar-refractivity contribution in [1.29, 1.82) is 0 Å². The summed E-state index contributed by atoms with van der Waals surface area (Å²) >= 11 is 0. The van der Waals surface area contributed by atoms with E-state index in [1.807, 2.05) is 11.8 Å². The van der Waals surface area contributed by atoms with Crippen LogP contribution in [0.3, 0.4) is 0 Å². The van der Waals surface area contributed by atoms with Gasteiger partial charge in [-0.1, -0.05) is 13.8 Å². The Morgan fingerprint density at radius 3 is 2.83 bits per heavy atom. The predicted octanol–water partition coefficient (Wildman–Crippen LogP) is 2.07. The number of aliphatic carboxylic acids is 1. The Hall–Kier alpha value is -1.26. The van der Waals surface area contributed by atoms with E-state index in [9.17, 15) is 9.59 Å². The molecule has 0 aromatic carbocycles. The zero-order valence-electron chi connectivity index (χ0n) is 11.3. The molecule has 1 rings (SSSR count). The Bertz CT molecular complexity index is 294. The van der Waals surface area contributed by atoms with Crippen molar-refractivity contribution in [3.05, 3.63) is 0 Å². The average molecular weight is 256 g/mol. The number of carboxylic acid groups (broad SMARTS) is 1. The molecule has 0 aromatic rings. The molecule has 2 amide bonds. The van der Waals surface area contributed by atoms with E-state index < -0.39 is 5.97 Å². The van der Waals surface area contributed by atoms with E-state index in [4.69, 9.17) is 5.11 Å². The van der Waals surface area contributed by atoms with Crippen molar-refractivity contribution >= 4 is 12.0 Å². The van der Waals surface area contributed by atoms with Crippen LogP contribution >= 0.6 is 0 Å². The van der Waals surface area contributed by atoms with Crippen molar-refractivity contribution < 1.29 is 14.7 Å². The molecule has 18 heavy (non-hydrogen) atoms. The number of carbonyl (C=O) groups is 2. The molecule has 104 valence electrons. The third kappa shape index (κ3) is 4.55. The van der Waals surface area contributed by atoms with Gasteiger partial charge in [-0.3, -0.25) is 4.79 Å². The molecule has 0 bridgehead atoms. The summed E-state index contributed by atoms with van der Waals surface area (Å²) < 4.78 is 0. The summed E-state index contributed by atoms with van der Waals surface area (Å²) in [5.74, 6) is -0.577. The summed E-state index contributed by atoms with van der Waals surface area (Å²) in [7, 11) is 0. The average Bonchev–Trinajstić information content (AvgIpc) is 2.81. The second kappa shape index (κ2) is 7.24. The molecule has 1 heterocycles. The van der Waals surface area contributed by atoms with E-state index in [1.54, 1.807) is 0 Å². The fourth-order valence-electron chi connectivity index (χ4n) is 2.36. The lowest BCUT2D eigenvalue weighted by atomic mass is 10.1. The summed E-state index contributed by atoms with van der Waals surface area (Å²) in [5, 5.41) is 11.5. The molecular weight excluding hydrogens is 232 g/mol. The molecule has 0 spiro atoms. The first-order valence-corrected chi connectivity index (χ1v) is 6.80. The lowest BCUT2D eigenvalue weighted by Gasteiger charge is -2.24.